The molecular formula is C14H14ClNOS2. The second-order valence-electron chi connectivity index (χ2n) is 4.05. The molecule has 0 spiro atoms. The molecule has 100 valence electrons. The molecule has 19 heavy (non-hydrogen) atoms. The van der Waals surface area contributed by atoms with Crippen molar-refractivity contribution >= 4 is 40.1 Å². The summed E-state index contributed by atoms with van der Waals surface area (Å²) in [5, 5.41) is 2.71. The molecule has 2 rings (SSSR count). The zero-order valence-corrected chi connectivity index (χ0v) is 12.7. The topological polar surface area (TPSA) is 35.2 Å². The maximum absolute atomic E-state index is 6.16. The van der Waals surface area contributed by atoms with Crippen molar-refractivity contribution in [3.8, 4) is 0 Å². The molecule has 0 aliphatic rings. The van der Waals surface area contributed by atoms with Crippen LogP contribution in [-0.4, -0.2) is 11.6 Å². The van der Waals surface area contributed by atoms with Crippen molar-refractivity contribution in [1.82, 2.24) is 0 Å². The summed E-state index contributed by atoms with van der Waals surface area (Å²) in [6.07, 6.45) is 0.931. The van der Waals surface area contributed by atoms with Crippen molar-refractivity contribution < 1.29 is 4.74 Å². The van der Waals surface area contributed by atoms with Gasteiger partial charge in [0.15, 0.2) is 0 Å². The van der Waals surface area contributed by atoms with Gasteiger partial charge < -0.3 is 10.5 Å². The van der Waals surface area contributed by atoms with Crippen LogP contribution in [0, 0.1) is 0 Å². The number of rotatable bonds is 6. The lowest BCUT2D eigenvalue weighted by molar-refractivity contribution is 0.124. The van der Waals surface area contributed by atoms with Gasteiger partial charge in [-0.2, -0.15) is 0 Å². The Labute approximate surface area is 127 Å². The average Bonchev–Trinajstić information content (AvgIpc) is 2.89. The Kier molecular flexibility index (Phi) is 5.34. The summed E-state index contributed by atoms with van der Waals surface area (Å²) in [5.41, 5.74) is 7.28. The monoisotopic (exact) mass is 311 g/mol. The summed E-state index contributed by atoms with van der Waals surface area (Å²) >= 11 is 12.8. The van der Waals surface area contributed by atoms with E-state index in [4.69, 9.17) is 34.3 Å². The van der Waals surface area contributed by atoms with E-state index in [-0.39, 0.29) is 0 Å². The first-order valence-electron chi connectivity index (χ1n) is 5.85. The van der Waals surface area contributed by atoms with Gasteiger partial charge in [0, 0.05) is 21.9 Å². The summed E-state index contributed by atoms with van der Waals surface area (Å²) in [5.74, 6) is 0. The van der Waals surface area contributed by atoms with Crippen LogP contribution in [-0.2, 0) is 17.8 Å². The van der Waals surface area contributed by atoms with Crippen LogP contribution in [0.25, 0.3) is 0 Å². The van der Waals surface area contributed by atoms with E-state index in [1.165, 1.54) is 4.88 Å². The molecule has 0 bridgehead atoms. The van der Waals surface area contributed by atoms with Crippen LogP contribution in [0.1, 0.15) is 16.0 Å². The van der Waals surface area contributed by atoms with Crippen molar-refractivity contribution in [3.05, 3.63) is 56.7 Å². The molecule has 0 saturated carbocycles. The highest BCUT2D eigenvalue weighted by Crippen LogP contribution is 2.19. The predicted octanol–water partition coefficient (Wildman–Crippen LogP) is 3.80. The Balaban J connectivity index is 1.84. The Hall–Kier alpha value is -0.940. The molecule has 0 fully saturated rings. The highest BCUT2D eigenvalue weighted by atomic mass is 35.5. The van der Waals surface area contributed by atoms with Crippen LogP contribution >= 0.6 is 35.2 Å². The van der Waals surface area contributed by atoms with E-state index in [9.17, 15) is 0 Å². The third kappa shape index (κ3) is 4.28. The Bertz CT molecular complexity index is 555. The van der Waals surface area contributed by atoms with E-state index in [1.54, 1.807) is 17.4 Å². The van der Waals surface area contributed by atoms with Crippen molar-refractivity contribution in [2.24, 2.45) is 5.73 Å². The molecule has 0 radical (unpaired) electrons. The summed E-state index contributed by atoms with van der Waals surface area (Å²) in [7, 11) is 0. The van der Waals surface area contributed by atoms with Crippen LogP contribution in [0.15, 0.2) is 35.7 Å². The Morgan fingerprint density at radius 1 is 1.37 bits per heavy atom. The summed E-state index contributed by atoms with van der Waals surface area (Å²) in [4.78, 5) is 1.68. The first-order chi connectivity index (χ1) is 9.16. The van der Waals surface area contributed by atoms with Crippen LogP contribution < -0.4 is 5.73 Å². The quantitative estimate of drug-likeness (QED) is 0.651. The van der Waals surface area contributed by atoms with Gasteiger partial charge in [-0.05, 0) is 23.1 Å². The normalized spacial score (nSPS) is 10.6. The predicted molar refractivity (Wildman–Crippen MR) is 85.0 cm³/mol. The largest absolute Gasteiger partial charge is 0.389 e. The molecule has 0 atom stereocenters. The molecule has 0 amide bonds. The van der Waals surface area contributed by atoms with Gasteiger partial charge in [0.25, 0.3) is 0 Å². The van der Waals surface area contributed by atoms with Crippen molar-refractivity contribution in [1.29, 1.82) is 0 Å². The lowest BCUT2D eigenvalue weighted by Gasteiger charge is -2.07. The fourth-order valence-electron chi connectivity index (χ4n) is 1.63. The average molecular weight is 312 g/mol. The van der Waals surface area contributed by atoms with Crippen LogP contribution in [0.3, 0.4) is 0 Å². The molecule has 0 aliphatic heterocycles. The number of benzene rings is 1. The molecule has 5 heteroatoms. The van der Waals surface area contributed by atoms with Crippen molar-refractivity contribution in [2.45, 2.75) is 13.0 Å². The maximum atomic E-state index is 6.16. The van der Waals surface area contributed by atoms with Gasteiger partial charge >= 0.3 is 0 Å². The van der Waals surface area contributed by atoms with Gasteiger partial charge in [0.2, 0.25) is 0 Å². The molecular weight excluding hydrogens is 298 g/mol. The highest BCUT2D eigenvalue weighted by molar-refractivity contribution is 7.80. The molecule has 0 saturated heterocycles. The van der Waals surface area contributed by atoms with Gasteiger partial charge in [-0.15, -0.1) is 11.3 Å². The van der Waals surface area contributed by atoms with Crippen molar-refractivity contribution in [2.75, 3.05) is 6.61 Å². The van der Waals surface area contributed by atoms with Crippen LogP contribution in [0.4, 0.5) is 0 Å². The zero-order chi connectivity index (χ0) is 13.7. The first kappa shape index (κ1) is 14.5. The molecule has 1 heterocycles. The summed E-state index contributed by atoms with van der Waals surface area (Å²) in [6, 6.07) is 9.71. The maximum Gasteiger partial charge on any atom is 0.104 e. The van der Waals surface area contributed by atoms with Gasteiger partial charge in [0.05, 0.1) is 13.2 Å². The standard InChI is InChI=1S/C14H14ClNOS2/c15-13-8-10(14(16)18)3-4-11(13)9-17-6-5-12-2-1-7-19-12/h1-4,7-8H,5-6,9H2,(H2,16,18). The van der Waals surface area contributed by atoms with Gasteiger partial charge in [-0.25, -0.2) is 0 Å². The fraction of sp³-hybridized carbons (Fsp3) is 0.214. The number of thiocarbonyl (C=S) groups is 1. The summed E-state index contributed by atoms with van der Waals surface area (Å²) < 4.78 is 5.63. The van der Waals surface area contributed by atoms with Gasteiger partial charge in [-0.3, -0.25) is 0 Å². The van der Waals surface area contributed by atoms with E-state index in [2.05, 4.69) is 11.4 Å². The third-order valence-electron chi connectivity index (χ3n) is 2.67. The second-order valence-corrected chi connectivity index (χ2v) is 5.93. The minimum Gasteiger partial charge on any atom is -0.389 e. The minimum atomic E-state index is 0.354. The van der Waals surface area contributed by atoms with E-state index >= 15 is 0 Å². The number of thiophene rings is 1. The number of nitrogens with two attached hydrogens (primary N) is 1. The summed E-state index contributed by atoms with van der Waals surface area (Å²) in [6.45, 7) is 1.19. The lowest BCUT2D eigenvalue weighted by Crippen LogP contribution is -2.09. The number of hydrogen-bond donors (Lipinski definition) is 1. The zero-order valence-electron chi connectivity index (χ0n) is 10.3. The minimum absolute atomic E-state index is 0.354. The van der Waals surface area contributed by atoms with E-state index in [1.807, 2.05) is 18.2 Å². The first-order valence-corrected chi connectivity index (χ1v) is 7.52. The molecule has 0 aliphatic carbocycles. The second kappa shape index (κ2) is 7.01. The number of ether oxygens (including phenoxy) is 1. The van der Waals surface area contributed by atoms with Crippen LogP contribution in [0.5, 0.6) is 0 Å². The van der Waals surface area contributed by atoms with Crippen LogP contribution in [0.2, 0.25) is 5.02 Å². The lowest BCUT2D eigenvalue weighted by atomic mass is 10.1. The van der Waals surface area contributed by atoms with Gasteiger partial charge in [-0.1, -0.05) is 42.0 Å². The number of halogens is 1. The Morgan fingerprint density at radius 3 is 2.84 bits per heavy atom. The SMILES string of the molecule is NC(=S)c1ccc(COCCc2cccs2)c(Cl)c1. The highest BCUT2D eigenvalue weighted by Gasteiger charge is 2.04. The smallest absolute Gasteiger partial charge is 0.104 e. The van der Waals surface area contributed by atoms with E-state index in [0.29, 0.717) is 23.2 Å². The van der Waals surface area contributed by atoms with E-state index in [0.717, 1.165) is 17.5 Å². The van der Waals surface area contributed by atoms with Crippen molar-refractivity contribution in [3.63, 3.8) is 0 Å². The molecule has 2 aromatic rings. The molecule has 0 unspecified atom stereocenters. The molecule has 2 N–H and O–H groups in total. The molecule has 1 aromatic heterocycles. The number of hydrogen-bond acceptors (Lipinski definition) is 3. The molecule has 2 nitrogen and oxygen atoms in total. The Morgan fingerprint density at radius 2 is 2.21 bits per heavy atom. The fourth-order valence-corrected chi connectivity index (χ4v) is 2.68. The third-order valence-corrected chi connectivity index (χ3v) is 4.19. The van der Waals surface area contributed by atoms with Gasteiger partial charge in [0.1, 0.15) is 4.99 Å². The van der Waals surface area contributed by atoms with E-state index < -0.39 is 0 Å². The molecule has 1 aromatic carbocycles.